The molecule has 3 aromatic rings. The summed E-state index contributed by atoms with van der Waals surface area (Å²) < 4.78 is 0. The number of piperidine rings is 1. The van der Waals surface area contributed by atoms with Gasteiger partial charge < -0.3 is 10.8 Å². The van der Waals surface area contributed by atoms with Gasteiger partial charge in [-0.25, -0.2) is 0 Å². The number of fused-ring (bicyclic) bond motifs is 2. The highest BCUT2D eigenvalue weighted by Gasteiger charge is 2.35. The lowest BCUT2D eigenvalue weighted by molar-refractivity contribution is -0.117. The molecular weight excluding hydrogens is 440 g/mol. The van der Waals surface area contributed by atoms with Crippen molar-refractivity contribution >= 4 is 17.7 Å². The van der Waals surface area contributed by atoms with E-state index in [0.717, 1.165) is 54.1 Å². The van der Waals surface area contributed by atoms with Gasteiger partial charge in [-0.3, -0.25) is 9.69 Å². The number of hydrogen-bond acceptors (Lipinski definition) is 4. The lowest BCUT2D eigenvalue weighted by Gasteiger charge is -2.39. The SMILES string of the molecule is C=CCN1CCC(C2c3ccc(-c4ccccc4CC(N)=O)cc3Sc3c(O)cccc32)CC1. The lowest BCUT2D eigenvalue weighted by atomic mass is 9.75. The molecule has 1 amide bonds. The third kappa shape index (κ3) is 4.38. The Labute approximate surface area is 205 Å². The molecule has 2 heterocycles. The van der Waals surface area contributed by atoms with Crippen LogP contribution in [-0.2, 0) is 11.2 Å². The van der Waals surface area contributed by atoms with Gasteiger partial charge in [-0.1, -0.05) is 66.4 Å². The van der Waals surface area contributed by atoms with Crippen molar-refractivity contribution in [3.63, 3.8) is 0 Å². The number of phenolic OH excluding ortho intramolecular Hbond substituents is 1. The maximum Gasteiger partial charge on any atom is 0.221 e. The predicted molar refractivity (Wildman–Crippen MR) is 138 cm³/mol. The molecule has 1 unspecified atom stereocenters. The smallest absolute Gasteiger partial charge is 0.221 e. The molecule has 0 aliphatic carbocycles. The van der Waals surface area contributed by atoms with E-state index in [4.69, 9.17) is 5.73 Å². The summed E-state index contributed by atoms with van der Waals surface area (Å²) >= 11 is 1.65. The van der Waals surface area contributed by atoms with E-state index in [-0.39, 0.29) is 18.2 Å². The van der Waals surface area contributed by atoms with Crippen LogP contribution < -0.4 is 5.73 Å². The average Bonchev–Trinajstić information content (AvgIpc) is 2.84. The molecule has 3 N–H and O–H groups in total. The Hall–Kier alpha value is -3.02. The number of primary amides is 1. The monoisotopic (exact) mass is 470 g/mol. The van der Waals surface area contributed by atoms with E-state index in [1.807, 2.05) is 36.4 Å². The zero-order valence-corrected chi connectivity index (χ0v) is 20.1. The zero-order valence-electron chi connectivity index (χ0n) is 19.2. The number of amides is 1. The van der Waals surface area contributed by atoms with Gasteiger partial charge in [0, 0.05) is 17.4 Å². The predicted octanol–water partition coefficient (Wildman–Crippen LogP) is 5.58. The second-order valence-corrected chi connectivity index (χ2v) is 10.3. The third-order valence-electron chi connectivity index (χ3n) is 7.10. The first-order valence-electron chi connectivity index (χ1n) is 11.9. The van der Waals surface area contributed by atoms with Crippen LogP contribution in [0.25, 0.3) is 11.1 Å². The van der Waals surface area contributed by atoms with E-state index in [9.17, 15) is 9.90 Å². The molecule has 5 rings (SSSR count). The molecule has 0 saturated carbocycles. The first kappa shape index (κ1) is 22.8. The van der Waals surface area contributed by atoms with Gasteiger partial charge in [-0.2, -0.15) is 0 Å². The molecule has 2 aliphatic rings. The van der Waals surface area contributed by atoms with E-state index < -0.39 is 0 Å². The van der Waals surface area contributed by atoms with Gasteiger partial charge in [0.05, 0.1) is 11.3 Å². The van der Waals surface area contributed by atoms with Gasteiger partial charge in [0.25, 0.3) is 0 Å². The topological polar surface area (TPSA) is 66.6 Å². The van der Waals surface area contributed by atoms with Crippen molar-refractivity contribution in [3.8, 4) is 16.9 Å². The maximum absolute atomic E-state index is 11.6. The Balaban J connectivity index is 1.55. The molecule has 3 aromatic carbocycles. The van der Waals surface area contributed by atoms with Crippen LogP contribution in [0.1, 0.15) is 35.4 Å². The summed E-state index contributed by atoms with van der Waals surface area (Å²) in [5, 5.41) is 10.7. The largest absolute Gasteiger partial charge is 0.507 e. The molecule has 0 aromatic heterocycles. The number of carbonyl (C=O) groups is 1. The number of nitrogens with zero attached hydrogens (tertiary/aromatic N) is 1. The van der Waals surface area contributed by atoms with Gasteiger partial charge in [0.2, 0.25) is 5.91 Å². The van der Waals surface area contributed by atoms with Gasteiger partial charge in [0.15, 0.2) is 0 Å². The van der Waals surface area contributed by atoms with E-state index in [1.165, 1.54) is 16.0 Å². The summed E-state index contributed by atoms with van der Waals surface area (Å²) in [7, 11) is 0. The summed E-state index contributed by atoms with van der Waals surface area (Å²) in [6.45, 7) is 6.97. The van der Waals surface area contributed by atoms with E-state index in [0.29, 0.717) is 11.7 Å². The minimum Gasteiger partial charge on any atom is -0.507 e. The van der Waals surface area contributed by atoms with Gasteiger partial charge in [0.1, 0.15) is 5.75 Å². The number of nitrogens with two attached hydrogens (primary N) is 1. The first-order valence-corrected chi connectivity index (χ1v) is 12.7. The Bertz CT molecular complexity index is 1230. The molecule has 1 saturated heterocycles. The normalized spacial score (nSPS) is 18.2. The Morgan fingerprint density at radius 1 is 1.09 bits per heavy atom. The van der Waals surface area contributed by atoms with Crippen molar-refractivity contribution in [3.05, 3.63) is 90.0 Å². The molecule has 34 heavy (non-hydrogen) atoms. The highest BCUT2D eigenvalue weighted by molar-refractivity contribution is 7.99. The molecule has 174 valence electrons. The quantitative estimate of drug-likeness (QED) is 0.462. The molecule has 2 aliphatic heterocycles. The number of carbonyl (C=O) groups excluding carboxylic acids is 1. The van der Waals surface area contributed by atoms with Crippen LogP contribution in [0, 0.1) is 5.92 Å². The van der Waals surface area contributed by atoms with Crippen LogP contribution in [0.2, 0.25) is 0 Å². The first-order chi connectivity index (χ1) is 16.5. The van der Waals surface area contributed by atoms with Crippen LogP contribution >= 0.6 is 11.8 Å². The number of likely N-dealkylation sites (tertiary alicyclic amines) is 1. The number of phenols is 1. The molecular formula is C29H30N2O2S. The fraction of sp³-hybridized carbons (Fsp3) is 0.276. The standard InChI is InChI=1S/C29H30N2O2S/c1-2-14-31-15-12-19(13-16-31)28-23-11-10-21(22-7-4-3-6-20(22)18-27(30)33)17-26(23)34-29-24(28)8-5-9-25(29)32/h2-11,17,19,28,32H,1,12-16,18H2,(H2,30,33). The van der Waals surface area contributed by atoms with Crippen molar-refractivity contribution in [2.75, 3.05) is 19.6 Å². The third-order valence-corrected chi connectivity index (χ3v) is 8.33. The number of rotatable bonds is 6. The van der Waals surface area contributed by atoms with Crippen molar-refractivity contribution < 1.29 is 9.90 Å². The number of benzene rings is 3. The Morgan fingerprint density at radius 3 is 2.65 bits per heavy atom. The molecule has 5 heteroatoms. The van der Waals surface area contributed by atoms with E-state index in [1.54, 1.807) is 17.8 Å². The average molecular weight is 471 g/mol. The van der Waals surface area contributed by atoms with Crippen molar-refractivity contribution in [1.29, 1.82) is 0 Å². The maximum atomic E-state index is 11.6. The fourth-order valence-electron chi connectivity index (χ4n) is 5.53. The molecule has 4 nitrogen and oxygen atoms in total. The van der Waals surface area contributed by atoms with Crippen LogP contribution in [0.5, 0.6) is 5.75 Å². The molecule has 0 bridgehead atoms. The summed E-state index contributed by atoms with van der Waals surface area (Å²) in [4.78, 5) is 16.2. The minimum absolute atomic E-state index is 0.218. The molecule has 0 spiro atoms. The molecule has 0 radical (unpaired) electrons. The van der Waals surface area contributed by atoms with Crippen molar-refractivity contribution in [1.82, 2.24) is 4.90 Å². The van der Waals surface area contributed by atoms with Crippen LogP contribution in [0.15, 0.2) is 83.1 Å². The van der Waals surface area contributed by atoms with Crippen LogP contribution in [-0.4, -0.2) is 35.5 Å². The number of hydrogen-bond donors (Lipinski definition) is 2. The minimum atomic E-state index is -0.332. The Morgan fingerprint density at radius 2 is 1.88 bits per heavy atom. The molecule has 1 atom stereocenters. The Kier molecular flexibility index (Phi) is 6.48. The van der Waals surface area contributed by atoms with Gasteiger partial charge in [-0.15, -0.1) is 6.58 Å². The second-order valence-electron chi connectivity index (χ2n) is 9.25. The summed E-state index contributed by atoms with van der Waals surface area (Å²) in [6, 6.07) is 20.5. The summed E-state index contributed by atoms with van der Waals surface area (Å²) in [5.41, 5.74) is 11.1. The second kappa shape index (κ2) is 9.69. The summed E-state index contributed by atoms with van der Waals surface area (Å²) in [5.74, 6) is 0.802. The highest BCUT2D eigenvalue weighted by Crippen LogP contribution is 2.53. The van der Waals surface area contributed by atoms with E-state index >= 15 is 0 Å². The van der Waals surface area contributed by atoms with E-state index in [2.05, 4.69) is 35.7 Å². The summed E-state index contributed by atoms with van der Waals surface area (Å²) in [6.07, 6.45) is 4.45. The van der Waals surface area contributed by atoms with Crippen molar-refractivity contribution in [2.24, 2.45) is 11.7 Å². The van der Waals surface area contributed by atoms with Crippen LogP contribution in [0.3, 0.4) is 0 Å². The van der Waals surface area contributed by atoms with Gasteiger partial charge in [-0.05, 0) is 71.8 Å². The molecule has 1 fully saturated rings. The van der Waals surface area contributed by atoms with Crippen LogP contribution in [0.4, 0.5) is 0 Å². The number of aromatic hydroxyl groups is 1. The lowest BCUT2D eigenvalue weighted by Crippen LogP contribution is -2.36. The fourth-order valence-corrected chi connectivity index (χ4v) is 6.73. The van der Waals surface area contributed by atoms with Crippen molar-refractivity contribution in [2.45, 2.75) is 35.0 Å². The van der Waals surface area contributed by atoms with Gasteiger partial charge >= 0.3 is 0 Å². The highest BCUT2D eigenvalue weighted by atomic mass is 32.2. The zero-order chi connectivity index (χ0) is 23.7.